The highest BCUT2D eigenvalue weighted by atomic mass is 35.5. The predicted molar refractivity (Wildman–Crippen MR) is 111 cm³/mol. The number of nitro groups is 1. The van der Waals surface area contributed by atoms with Crippen molar-refractivity contribution < 1.29 is 19.2 Å². The van der Waals surface area contributed by atoms with Gasteiger partial charge in [-0.15, -0.1) is 0 Å². The van der Waals surface area contributed by atoms with Crippen molar-refractivity contribution in [3.05, 3.63) is 57.6 Å². The molecule has 1 heterocycles. The summed E-state index contributed by atoms with van der Waals surface area (Å²) in [5.41, 5.74) is 0.528. The quantitative estimate of drug-likeness (QED) is 0.548. The third-order valence-corrected chi connectivity index (χ3v) is 5.17. The molecule has 2 aromatic rings. The number of nitrogens with zero attached hydrogens (tertiary/aromatic N) is 2. The highest BCUT2D eigenvalue weighted by Gasteiger charge is 2.30. The maximum absolute atomic E-state index is 12.6. The summed E-state index contributed by atoms with van der Waals surface area (Å²) in [7, 11) is 1.48. The zero-order valence-electron chi connectivity index (χ0n) is 15.0. The molecule has 0 unspecified atom stereocenters. The Balaban J connectivity index is 1.78. The van der Waals surface area contributed by atoms with Gasteiger partial charge < -0.3 is 15.4 Å². The number of rotatable bonds is 5. The number of carbonyl (C=O) groups excluding carboxylic acids is 2. The number of amides is 2. The van der Waals surface area contributed by atoms with Crippen molar-refractivity contribution in [2.75, 3.05) is 12.4 Å². The summed E-state index contributed by atoms with van der Waals surface area (Å²) in [4.78, 5) is 39.3. The number of aliphatic imine (C=N–C) groups is 1. The lowest BCUT2D eigenvalue weighted by Crippen LogP contribution is -2.41. The number of methoxy groups -OCH3 is 1. The molecule has 2 aromatic carbocycles. The first-order valence-electron chi connectivity index (χ1n) is 8.30. The Morgan fingerprint density at radius 2 is 2.17 bits per heavy atom. The standard InChI is InChI=1S/C18H15ClN4O5S/c1-28-14-6-5-10(19)7-13(14)21-18-22-16(24)9-15(29-18)17(25)20-11-3-2-4-12(8-11)23(26)27/h2-8,15H,9H2,1H3,(H,20,25)(H,21,22,24)/t15-/m0/s1. The molecule has 0 radical (unpaired) electrons. The fourth-order valence-corrected chi connectivity index (χ4v) is 3.69. The van der Waals surface area contributed by atoms with E-state index in [0.29, 0.717) is 16.5 Å². The molecule has 0 spiro atoms. The van der Waals surface area contributed by atoms with Crippen LogP contribution in [0.3, 0.4) is 0 Å². The van der Waals surface area contributed by atoms with Gasteiger partial charge in [-0.05, 0) is 24.3 Å². The van der Waals surface area contributed by atoms with Crippen LogP contribution in [0.4, 0.5) is 17.1 Å². The number of non-ortho nitro benzene ring substituents is 1. The van der Waals surface area contributed by atoms with Gasteiger partial charge in [-0.1, -0.05) is 29.4 Å². The van der Waals surface area contributed by atoms with Crippen LogP contribution in [-0.2, 0) is 9.59 Å². The van der Waals surface area contributed by atoms with E-state index in [-0.39, 0.29) is 28.9 Å². The SMILES string of the molecule is COc1ccc(Cl)cc1N=C1NC(=O)C[C@@H](C(=O)Nc2cccc([N+](=O)[O-])c2)S1. The van der Waals surface area contributed by atoms with Crippen molar-refractivity contribution in [3.8, 4) is 5.75 Å². The monoisotopic (exact) mass is 434 g/mol. The first-order valence-corrected chi connectivity index (χ1v) is 9.55. The minimum Gasteiger partial charge on any atom is -0.494 e. The summed E-state index contributed by atoms with van der Waals surface area (Å²) < 4.78 is 5.23. The smallest absolute Gasteiger partial charge is 0.271 e. The molecule has 0 bridgehead atoms. The van der Waals surface area contributed by atoms with Crippen LogP contribution in [0.2, 0.25) is 5.02 Å². The molecule has 1 saturated heterocycles. The van der Waals surface area contributed by atoms with Gasteiger partial charge in [0.25, 0.3) is 5.69 Å². The Morgan fingerprint density at radius 3 is 2.90 bits per heavy atom. The predicted octanol–water partition coefficient (Wildman–Crippen LogP) is 3.50. The number of thioether (sulfide) groups is 1. The van der Waals surface area contributed by atoms with Gasteiger partial charge in [-0.2, -0.15) is 0 Å². The Morgan fingerprint density at radius 1 is 1.38 bits per heavy atom. The van der Waals surface area contributed by atoms with Crippen molar-refractivity contribution in [1.82, 2.24) is 5.32 Å². The van der Waals surface area contributed by atoms with Crippen LogP contribution in [0.15, 0.2) is 47.5 Å². The van der Waals surface area contributed by atoms with Crippen molar-refractivity contribution >= 4 is 57.4 Å². The van der Waals surface area contributed by atoms with Crippen LogP contribution < -0.4 is 15.4 Å². The van der Waals surface area contributed by atoms with Crippen LogP contribution in [0.5, 0.6) is 5.75 Å². The Bertz CT molecular complexity index is 1010. The van der Waals surface area contributed by atoms with E-state index in [1.807, 2.05) is 0 Å². The minimum absolute atomic E-state index is 0.0584. The summed E-state index contributed by atoms with van der Waals surface area (Å²) in [6.45, 7) is 0. The van der Waals surface area contributed by atoms with Gasteiger partial charge in [0, 0.05) is 29.3 Å². The van der Waals surface area contributed by atoms with Crippen molar-refractivity contribution in [2.45, 2.75) is 11.7 Å². The molecule has 29 heavy (non-hydrogen) atoms. The van der Waals surface area contributed by atoms with E-state index in [1.165, 1.54) is 31.4 Å². The first kappa shape index (κ1) is 20.6. The zero-order valence-corrected chi connectivity index (χ0v) is 16.6. The van der Waals surface area contributed by atoms with Gasteiger partial charge in [-0.3, -0.25) is 19.7 Å². The Hall–Kier alpha value is -3.11. The lowest BCUT2D eigenvalue weighted by Gasteiger charge is -2.22. The van der Waals surface area contributed by atoms with E-state index in [0.717, 1.165) is 11.8 Å². The number of anilines is 1. The van der Waals surface area contributed by atoms with E-state index in [2.05, 4.69) is 15.6 Å². The molecule has 0 aliphatic carbocycles. The Labute approximate surface area is 174 Å². The molecule has 1 atom stereocenters. The van der Waals surface area contributed by atoms with Gasteiger partial charge in [0.05, 0.1) is 12.0 Å². The second-order valence-electron chi connectivity index (χ2n) is 5.89. The number of hydrogen-bond acceptors (Lipinski definition) is 7. The molecule has 0 aromatic heterocycles. The number of halogens is 1. The van der Waals surface area contributed by atoms with Crippen LogP contribution in [0, 0.1) is 10.1 Å². The maximum Gasteiger partial charge on any atom is 0.271 e. The summed E-state index contributed by atoms with van der Waals surface area (Å²) in [6.07, 6.45) is -0.0584. The van der Waals surface area contributed by atoms with E-state index in [4.69, 9.17) is 16.3 Å². The number of ether oxygens (including phenoxy) is 1. The molecule has 3 rings (SSSR count). The van der Waals surface area contributed by atoms with Crippen molar-refractivity contribution in [2.24, 2.45) is 4.99 Å². The minimum atomic E-state index is -0.757. The van der Waals surface area contributed by atoms with Gasteiger partial charge in [0.2, 0.25) is 11.8 Å². The average Bonchev–Trinajstić information content (AvgIpc) is 2.68. The van der Waals surface area contributed by atoms with Crippen LogP contribution in [-0.4, -0.2) is 34.3 Å². The molecular weight excluding hydrogens is 420 g/mol. The number of amidine groups is 1. The summed E-state index contributed by atoms with van der Waals surface area (Å²) in [5, 5.41) is 16.0. The molecule has 1 aliphatic rings. The topological polar surface area (TPSA) is 123 Å². The fourth-order valence-electron chi connectivity index (χ4n) is 2.52. The number of nitro benzene ring substituents is 1. The second kappa shape index (κ2) is 8.93. The third kappa shape index (κ3) is 5.24. The first-order chi connectivity index (χ1) is 13.9. The fraction of sp³-hybridized carbons (Fsp3) is 0.167. The molecule has 1 aliphatic heterocycles. The second-order valence-corrected chi connectivity index (χ2v) is 7.52. The normalized spacial score (nSPS) is 17.5. The summed E-state index contributed by atoms with van der Waals surface area (Å²) >= 11 is 7.06. The van der Waals surface area contributed by atoms with E-state index in [9.17, 15) is 19.7 Å². The number of hydrogen-bond donors (Lipinski definition) is 2. The van der Waals surface area contributed by atoms with E-state index in [1.54, 1.807) is 18.2 Å². The van der Waals surface area contributed by atoms with Gasteiger partial charge in [0.1, 0.15) is 16.7 Å². The maximum atomic E-state index is 12.6. The molecule has 11 heteroatoms. The molecule has 9 nitrogen and oxygen atoms in total. The average molecular weight is 435 g/mol. The summed E-state index contributed by atoms with van der Waals surface area (Å²) in [5.74, 6) is -0.376. The molecule has 2 amide bonds. The number of carbonyl (C=O) groups is 2. The lowest BCUT2D eigenvalue weighted by atomic mass is 10.2. The van der Waals surface area contributed by atoms with Gasteiger partial charge in [-0.25, -0.2) is 4.99 Å². The third-order valence-electron chi connectivity index (χ3n) is 3.85. The van der Waals surface area contributed by atoms with Gasteiger partial charge in [0.15, 0.2) is 5.17 Å². The highest BCUT2D eigenvalue weighted by molar-refractivity contribution is 8.15. The van der Waals surface area contributed by atoms with E-state index < -0.39 is 16.1 Å². The van der Waals surface area contributed by atoms with Crippen LogP contribution in [0.1, 0.15) is 6.42 Å². The zero-order chi connectivity index (χ0) is 21.0. The highest BCUT2D eigenvalue weighted by Crippen LogP contribution is 2.33. The van der Waals surface area contributed by atoms with Crippen molar-refractivity contribution in [3.63, 3.8) is 0 Å². The number of benzene rings is 2. The van der Waals surface area contributed by atoms with Crippen molar-refractivity contribution in [1.29, 1.82) is 0 Å². The van der Waals surface area contributed by atoms with Crippen LogP contribution in [0.25, 0.3) is 0 Å². The Kier molecular flexibility index (Phi) is 6.35. The number of nitrogens with one attached hydrogen (secondary N) is 2. The lowest BCUT2D eigenvalue weighted by molar-refractivity contribution is -0.384. The van der Waals surface area contributed by atoms with E-state index >= 15 is 0 Å². The summed E-state index contributed by atoms with van der Waals surface area (Å²) in [6, 6.07) is 10.4. The molecular formula is C18H15ClN4O5S. The molecule has 0 saturated carbocycles. The van der Waals surface area contributed by atoms with Gasteiger partial charge >= 0.3 is 0 Å². The largest absolute Gasteiger partial charge is 0.494 e. The molecule has 1 fully saturated rings. The molecule has 2 N–H and O–H groups in total. The van der Waals surface area contributed by atoms with Crippen LogP contribution >= 0.6 is 23.4 Å². The molecule has 150 valence electrons.